The molecule has 0 spiro atoms. The van der Waals surface area contributed by atoms with E-state index in [0.29, 0.717) is 0 Å². The van der Waals surface area contributed by atoms with Gasteiger partial charge in [-0.1, -0.05) is 0 Å². The molecular formula is C16F16O. The minimum Gasteiger partial charge on any atom is -0.288 e. The monoisotopic (exact) mass is 512 g/mol. The smallest absolute Gasteiger partial charge is 0.288 e. The Morgan fingerprint density at radius 2 is 0.758 bits per heavy atom. The van der Waals surface area contributed by atoms with Gasteiger partial charge in [0.05, 0.1) is 16.7 Å². The van der Waals surface area contributed by atoms with Gasteiger partial charge in [0.15, 0.2) is 52.3 Å². The van der Waals surface area contributed by atoms with E-state index in [9.17, 15) is 75.0 Å². The first-order chi connectivity index (χ1) is 14.7. The van der Waals surface area contributed by atoms with Crippen molar-refractivity contribution in [2.24, 2.45) is 0 Å². The molecule has 1 nitrogen and oxygen atoms in total. The summed E-state index contributed by atoms with van der Waals surface area (Å²) >= 11 is 0. The van der Waals surface area contributed by atoms with E-state index in [-0.39, 0.29) is 0 Å². The maximum Gasteiger partial charge on any atom is 0.458 e. The molecule has 0 aromatic heterocycles. The van der Waals surface area contributed by atoms with Crippen molar-refractivity contribution in [1.82, 2.24) is 0 Å². The Balaban J connectivity index is 3.17. The lowest BCUT2D eigenvalue weighted by molar-refractivity contribution is -0.290. The zero-order chi connectivity index (χ0) is 26.0. The molecule has 0 radical (unpaired) electrons. The molecule has 0 saturated carbocycles. The number of alkyl halides is 8. The quantitative estimate of drug-likeness (QED) is 0.194. The number of halogens is 16. The Morgan fingerprint density at radius 3 is 1.09 bits per heavy atom. The first-order valence-electron chi connectivity index (χ1n) is 7.48. The summed E-state index contributed by atoms with van der Waals surface area (Å²) in [6.45, 7) is 0. The zero-order valence-electron chi connectivity index (χ0n) is 14.5. The van der Waals surface area contributed by atoms with Crippen molar-refractivity contribution in [3.8, 4) is 0 Å². The molecule has 0 fully saturated rings. The van der Waals surface area contributed by atoms with Crippen LogP contribution >= 0.6 is 0 Å². The van der Waals surface area contributed by atoms with Crippen LogP contribution in [0.1, 0.15) is 27.0 Å². The molecule has 17 heteroatoms. The first-order valence-corrected chi connectivity index (χ1v) is 7.48. The number of hydrogen-bond donors (Lipinski definition) is 0. The van der Waals surface area contributed by atoms with E-state index < -0.39 is 92.8 Å². The second kappa shape index (κ2) is 7.79. The summed E-state index contributed by atoms with van der Waals surface area (Å²) in [7, 11) is 0. The second-order valence-corrected chi connectivity index (χ2v) is 5.91. The highest BCUT2D eigenvalue weighted by molar-refractivity contribution is 6.11. The predicted octanol–water partition coefficient (Wildman–Crippen LogP) is 6.70. The van der Waals surface area contributed by atoms with Gasteiger partial charge in [0.25, 0.3) is 0 Å². The zero-order valence-corrected chi connectivity index (χ0v) is 14.5. The molecule has 2 aromatic carbocycles. The maximum absolute atomic E-state index is 14.0. The van der Waals surface area contributed by atoms with Crippen molar-refractivity contribution in [2.45, 2.75) is 18.3 Å². The van der Waals surface area contributed by atoms with E-state index in [1.54, 1.807) is 0 Å². The second-order valence-electron chi connectivity index (χ2n) is 5.91. The van der Waals surface area contributed by atoms with Crippen LogP contribution in [0.25, 0.3) is 0 Å². The Bertz CT molecular complexity index is 1160. The van der Waals surface area contributed by atoms with Crippen molar-refractivity contribution >= 4 is 5.78 Å². The van der Waals surface area contributed by atoms with Crippen molar-refractivity contribution < 1.29 is 75.0 Å². The molecule has 0 amide bonds. The van der Waals surface area contributed by atoms with Crippen molar-refractivity contribution in [3.63, 3.8) is 0 Å². The molecule has 0 aliphatic heterocycles. The number of carbonyl (C=O) groups is 1. The average molecular weight is 512 g/mol. The predicted molar refractivity (Wildman–Crippen MR) is 70.9 cm³/mol. The van der Waals surface area contributed by atoms with Gasteiger partial charge in [-0.15, -0.1) is 0 Å². The largest absolute Gasteiger partial charge is 0.458 e. The van der Waals surface area contributed by atoms with E-state index in [2.05, 4.69) is 0 Å². The standard InChI is InChI=1S/C16F16O/c17-5-1(3(7(19)11(23)9(5)21)14(25,26)16(30,31)32)13(33)2-4(15(27,28)29)8(20)12(24)10(22)6(2)18. The molecule has 2 rings (SSSR count). The molecule has 0 unspecified atom stereocenters. The fraction of sp³-hybridized carbons (Fsp3) is 0.188. The van der Waals surface area contributed by atoms with E-state index in [1.165, 1.54) is 0 Å². The van der Waals surface area contributed by atoms with Crippen LogP contribution < -0.4 is 0 Å². The molecule has 2 aromatic rings. The lowest BCUT2D eigenvalue weighted by Crippen LogP contribution is -2.37. The molecule has 0 atom stereocenters. The topological polar surface area (TPSA) is 17.1 Å². The van der Waals surface area contributed by atoms with Crippen LogP contribution in [-0.4, -0.2) is 12.0 Å². The number of rotatable bonds is 3. The number of benzene rings is 2. The Morgan fingerprint density at radius 1 is 0.455 bits per heavy atom. The number of ketones is 1. The van der Waals surface area contributed by atoms with Gasteiger partial charge in [-0.3, -0.25) is 4.79 Å². The highest BCUT2D eigenvalue weighted by atomic mass is 19.4. The lowest BCUT2D eigenvalue weighted by atomic mass is 9.90. The molecule has 0 saturated heterocycles. The van der Waals surface area contributed by atoms with E-state index >= 15 is 0 Å². The summed E-state index contributed by atoms with van der Waals surface area (Å²) in [6.07, 6.45) is -13.5. The number of carbonyl (C=O) groups excluding carboxylic acids is 1. The summed E-state index contributed by atoms with van der Waals surface area (Å²) in [5.41, 5.74) is -13.9. The molecule has 0 bridgehead atoms. The SMILES string of the molecule is O=C(c1c(F)c(F)c(F)c(F)c1C(F)(F)F)c1c(F)c(F)c(F)c(F)c1C(F)(F)C(F)(F)F. The number of hydrogen-bond acceptors (Lipinski definition) is 1. The lowest BCUT2D eigenvalue weighted by Gasteiger charge is -2.24. The molecule has 0 heterocycles. The van der Waals surface area contributed by atoms with Crippen molar-refractivity contribution in [3.05, 3.63) is 68.8 Å². The first kappa shape index (κ1) is 26.2. The summed E-state index contributed by atoms with van der Waals surface area (Å²) in [5.74, 6) is -37.7. The minimum atomic E-state index is -7.05. The molecular weight excluding hydrogens is 512 g/mol. The molecule has 0 N–H and O–H groups in total. The third kappa shape index (κ3) is 3.86. The van der Waals surface area contributed by atoms with E-state index in [0.717, 1.165) is 0 Å². The van der Waals surface area contributed by atoms with Crippen LogP contribution in [0, 0.1) is 46.5 Å². The molecule has 0 aliphatic rings. The highest BCUT2D eigenvalue weighted by Gasteiger charge is 2.63. The van der Waals surface area contributed by atoms with Crippen LogP contribution in [0.4, 0.5) is 70.2 Å². The van der Waals surface area contributed by atoms with E-state index in [1.807, 2.05) is 0 Å². The van der Waals surface area contributed by atoms with Gasteiger partial charge < -0.3 is 0 Å². The molecule has 182 valence electrons. The Kier molecular flexibility index (Phi) is 6.20. The maximum atomic E-state index is 14.0. The van der Waals surface area contributed by atoms with Gasteiger partial charge >= 0.3 is 18.3 Å². The van der Waals surface area contributed by atoms with Gasteiger partial charge in [-0.05, 0) is 0 Å². The van der Waals surface area contributed by atoms with Gasteiger partial charge in [-0.2, -0.15) is 35.1 Å². The Labute approximate surface area is 169 Å². The molecule has 0 aliphatic carbocycles. The summed E-state index contributed by atoms with van der Waals surface area (Å²) in [4.78, 5) is 12.2. The van der Waals surface area contributed by atoms with Crippen LogP contribution in [0.15, 0.2) is 0 Å². The van der Waals surface area contributed by atoms with Gasteiger partial charge in [0.2, 0.25) is 0 Å². The Hall–Kier alpha value is -3.01. The third-order valence-corrected chi connectivity index (χ3v) is 3.94. The van der Waals surface area contributed by atoms with Crippen molar-refractivity contribution in [1.29, 1.82) is 0 Å². The fourth-order valence-electron chi connectivity index (χ4n) is 2.52. The normalized spacial score (nSPS) is 13.0. The van der Waals surface area contributed by atoms with Crippen LogP contribution in [0.3, 0.4) is 0 Å². The summed E-state index contributed by atoms with van der Waals surface area (Å²) in [5, 5.41) is 0. The van der Waals surface area contributed by atoms with Crippen LogP contribution in [-0.2, 0) is 12.1 Å². The van der Waals surface area contributed by atoms with Crippen LogP contribution in [0.2, 0.25) is 0 Å². The summed E-state index contributed by atoms with van der Waals surface area (Å²) < 4.78 is 213. The van der Waals surface area contributed by atoms with E-state index in [4.69, 9.17) is 0 Å². The van der Waals surface area contributed by atoms with Gasteiger partial charge in [0.1, 0.15) is 5.56 Å². The average Bonchev–Trinajstić information content (AvgIpc) is 2.67. The van der Waals surface area contributed by atoms with Crippen LogP contribution in [0.5, 0.6) is 0 Å². The van der Waals surface area contributed by atoms with Crippen molar-refractivity contribution in [2.75, 3.05) is 0 Å². The summed E-state index contributed by atoms with van der Waals surface area (Å²) in [6, 6.07) is 0. The molecule has 33 heavy (non-hydrogen) atoms. The van der Waals surface area contributed by atoms with Gasteiger partial charge in [0, 0.05) is 0 Å². The third-order valence-electron chi connectivity index (χ3n) is 3.94. The fourth-order valence-corrected chi connectivity index (χ4v) is 2.52. The highest BCUT2D eigenvalue weighted by Crippen LogP contribution is 2.48. The minimum absolute atomic E-state index is 3.26. The van der Waals surface area contributed by atoms with Gasteiger partial charge in [-0.25, -0.2) is 35.1 Å².